The topological polar surface area (TPSA) is 29.3 Å². The average molecular weight is 210 g/mol. The first kappa shape index (κ1) is 10.1. The van der Waals surface area contributed by atoms with Gasteiger partial charge in [-0.15, -0.1) is 11.3 Å². The van der Waals surface area contributed by atoms with Gasteiger partial charge in [0.15, 0.2) is 0 Å². The van der Waals surface area contributed by atoms with Crippen molar-refractivity contribution in [3.8, 4) is 0 Å². The normalized spacial score (nSPS) is 29.3. The molecule has 0 saturated carbocycles. The Morgan fingerprint density at radius 3 is 3.14 bits per heavy atom. The Bertz CT molecular complexity index is 271. The predicted octanol–water partition coefficient (Wildman–Crippen LogP) is 2.09. The Hall–Kier alpha value is -0.380. The maximum atomic E-state index is 5.84. The lowest BCUT2D eigenvalue weighted by Gasteiger charge is -2.38. The first-order valence-electron chi connectivity index (χ1n) is 5.26. The lowest BCUT2D eigenvalue weighted by molar-refractivity contribution is 0.128. The third-order valence-electron chi connectivity index (χ3n) is 3.14. The van der Waals surface area contributed by atoms with Crippen LogP contribution in [0.1, 0.15) is 23.8 Å². The van der Waals surface area contributed by atoms with Gasteiger partial charge in [0.1, 0.15) is 0 Å². The van der Waals surface area contributed by atoms with E-state index in [-0.39, 0.29) is 0 Å². The van der Waals surface area contributed by atoms with Gasteiger partial charge in [-0.2, -0.15) is 0 Å². The second kappa shape index (κ2) is 4.43. The van der Waals surface area contributed by atoms with E-state index in [2.05, 4.69) is 29.5 Å². The fraction of sp³-hybridized carbons (Fsp3) is 0.636. The van der Waals surface area contributed by atoms with E-state index < -0.39 is 0 Å². The zero-order valence-electron chi connectivity index (χ0n) is 8.65. The zero-order chi connectivity index (χ0) is 9.97. The van der Waals surface area contributed by atoms with E-state index in [0.29, 0.717) is 12.0 Å². The van der Waals surface area contributed by atoms with Gasteiger partial charge in [-0.3, -0.25) is 4.90 Å². The summed E-state index contributed by atoms with van der Waals surface area (Å²) in [5.41, 5.74) is 5.84. The SMILES string of the molecule is CN1CCC[C@H](CN)[C@H]1c1cccs1. The summed E-state index contributed by atoms with van der Waals surface area (Å²) in [5, 5.41) is 2.16. The second-order valence-electron chi connectivity index (χ2n) is 4.08. The van der Waals surface area contributed by atoms with E-state index in [4.69, 9.17) is 5.73 Å². The summed E-state index contributed by atoms with van der Waals surface area (Å²) in [4.78, 5) is 3.93. The van der Waals surface area contributed by atoms with Gasteiger partial charge in [-0.25, -0.2) is 0 Å². The molecule has 1 aliphatic heterocycles. The second-order valence-corrected chi connectivity index (χ2v) is 5.06. The fourth-order valence-electron chi connectivity index (χ4n) is 2.42. The third-order valence-corrected chi connectivity index (χ3v) is 4.09. The number of nitrogens with zero attached hydrogens (tertiary/aromatic N) is 1. The fourth-order valence-corrected chi connectivity index (χ4v) is 3.40. The quantitative estimate of drug-likeness (QED) is 0.810. The van der Waals surface area contributed by atoms with Crippen LogP contribution in [0.2, 0.25) is 0 Å². The lowest BCUT2D eigenvalue weighted by Crippen LogP contribution is -2.38. The monoisotopic (exact) mass is 210 g/mol. The predicted molar refractivity (Wildman–Crippen MR) is 61.5 cm³/mol. The maximum Gasteiger partial charge on any atom is 0.0478 e. The van der Waals surface area contributed by atoms with Crippen LogP contribution in [-0.2, 0) is 0 Å². The van der Waals surface area contributed by atoms with Crippen molar-refractivity contribution in [1.29, 1.82) is 0 Å². The molecule has 2 heterocycles. The van der Waals surface area contributed by atoms with Crippen molar-refractivity contribution in [1.82, 2.24) is 4.90 Å². The standard InChI is InChI=1S/C11H18N2S/c1-13-6-2-4-9(8-12)11(13)10-5-3-7-14-10/h3,5,7,9,11H,2,4,6,8,12H2,1H3/t9-,11+/m1/s1. The van der Waals surface area contributed by atoms with Crippen molar-refractivity contribution in [2.24, 2.45) is 11.7 Å². The summed E-state index contributed by atoms with van der Waals surface area (Å²) in [5.74, 6) is 0.646. The van der Waals surface area contributed by atoms with E-state index in [0.717, 1.165) is 6.54 Å². The molecular weight excluding hydrogens is 192 g/mol. The highest BCUT2D eigenvalue weighted by atomic mass is 32.1. The van der Waals surface area contributed by atoms with Gasteiger partial charge in [-0.1, -0.05) is 6.07 Å². The van der Waals surface area contributed by atoms with Crippen LogP contribution in [0, 0.1) is 5.92 Å². The summed E-state index contributed by atoms with van der Waals surface area (Å²) in [6.07, 6.45) is 2.57. The molecule has 0 aromatic carbocycles. The molecule has 1 aliphatic rings. The number of hydrogen-bond donors (Lipinski definition) is 1. The third kappa shape index (κ3) is 1.85. The van der Waals surface area contributed by atoms with Gasteiger partial charge in [0, 0.05) is 10.9 Å². The molecule has 2 rings (SSSR count). The van der Waals surface area contributed by atoms with Gasteiger partial charge >= 0.3 is 0 Å². The van der Waals surface area contributed by atoms with Crippen molar-refractivity contribution in [3.05, 3.63) is 22.4 Å². The number of hydrogen-bond acceptors (Lipinski definition) is 3. The molecule has 1 fully saturated rings. The van der Waals surface area contributed by atoms with Crippen molar-refractivity contribution < 1.29 is 0 Å². The largest absolute Gasteiger partial charge is 0.330 e. The van der Waals surface area contributed by atoms with E-state index >= 15 is 0 Å². The summed E-state index contributed by atoms with van der Waals surface area (Å²) in [6.45, 7) is 2.02. The van der Waals surface area contributed by atoms with Gasteiger partial charge in [-0.05, 0) is 50.3 Å². The summed E-state index contributed by atoms with van der Waals surface area (Å²) in [6, 6.07) is 4.93. The van der Waals surface area contributed by atoms with Gasteiger partial charge in [0.05, 0.1) is 0 Å². The summed E-state index contributed by atoms with van der Waals surface area (Å²) in [7, 11) is 2.21. The van der Waals surface area contributed by atoms with Gasteiger partial charge < -0.3 is 5.73 Å². The van der Waals surface area contributed by atoms with Crippen LogP contribution in [0.4, 0.5) is 0 Å². The molecule has 0 radical (unpaired) electrons. The minimum absolute atomic E-state index is 0.564. The molecule has 0 bridgehead atoms. The Morgan fingerprint density at radius 2 is 2.50 bits per heavy atom. The van der Waals surface area contributed by atoms with Crippen molar-refractivity contribution in [3.63, 3.8) is 0 Å². The molecule has 1 aromatic rings. The molecule has 1 aromatic heterocycles. The molecule has 0 unspecified atom stereocenters. The molecular formula is C11H18N2S. The Kier molecular flexibility index (Phi) is 3.21. The van der Waals surface area contributed by atoms with Crippen LogP contribution in [0.25, 0.3) is 0 Å². The van der Waals surface area contributed by atoms with E-state index in [1.807, 2.05) is 11.3 Å². The molecule has 0 spiro atoms. The van der Waals surface area contributed by atoms with E-state index in [1.54, 1.807) is 0 Å². The average Bonchev–Trinajstić information content (AvgIpc) is 2.70. The van der Waals surface area contributed by atoms with Crippen molar-refractivity contribution >= 4 is 11.3 Å². The summed E-state index contributed by atoms with van der Waals surface area (Å²) >= 11 is 1.86. The number of likely N-dealkylation sites (tertiary alicyclic amines) is 1. The summed E-state index contributed by atoms with van der Waals surface area (Å²) < 4.78 is 0. The number of piperidine rings is 1. The lowest BCUT2D eigenvalue weighted by atomic mass is 9.88. The molecule has 14 heavy (non-hydrogen) atoms. The molecule has 2 atom stereocenters. The zero-order valence-corrected chi connectivity index (χ0v) is 9.46. The first-order chi connectivity index (χ1) is 6.83. The smallest absolute Gasteiger partial charge is 0.0478 e. The van der Waals surface area contributed by atoms with Crippen molar-refractivity contribution in [2.75, 3.05) is 20.1 Å². The van der Waals surface area contributed by atoms with E-state index in [1.165, 1.54) is 24.3 Å². The molecule has 78 valence electrons. The van der Waals surface area contributed by atoms with Crippen LogP contribution in [0.5, 0.6) is 0 Å². The Balaban J connectivity index is 2.19. The first-order valence-corrected chi connectivity index (χ1v) is 6.14. The molecule has 0 aliphatic carbocycles. The number of thiophene rings is 1. The Labute approximate surface area is 89.7 Å². The number of nitrogens with two attached hydrogens (primary N) is 1. The van der Waals surface area contributed by atoms with Crippen LogP contribution in [-0.4, -0.2) is 25.0 Å². The minimum Gasteiger partial charge on any atom is -0.330 e. The molecule has 2 nitrogen and oxygen atoms in total. The highest BCUT2D eigenvalue weighted by Gasteiger charge is 2.29. The molecule has 0 amide bonds. The highest BCUT2D eigenvalue weighted by Crippen LogP contribution is 2.36. The van der Waals surface area contributed by atoms with Gasteiger partial charge in [0.25, 0.3) is 0 Å². The maximum absolute atomic E-state index is 5.84. The Morgan fingerprint density at radius 1 is 1.64 bits per heavy atom. The molecule has 2 N–H and O–H groups in total. The molecule has 3 heteroatoms. The van der Waals surface area contributed by atoms with Gasteiger partial charge in [0.2, 0.25) is 0 Å². The van der Waals surface area contributed by atoms with E-state index in [9.17, 15) is 0 Å². The van der Waals surface area contributed by atoms with Crippen LogP contribution in [0.3, 0.4) is 0 Å². The van der Waals surface area contributed by atoms with Crippen LogP contribution < -0.4 is 5.73 Å². The van der Waals surface area contributed by atoms with Crippen molar-refractivity contribution in [2.45, 2.75) is 18.9 Å². The van der Waals surface area contributed by atoms with Crippen LogP contribution >= 0.6 is 11.3 Å². The van der Waals surface area contributed by atoms with Crippen LogP contribution in [0.15, 0.2) is 17.5 Å². The number of rotatable bonds is 2. The molecule has 1 saturated heterocycles. The minimum atomic E-state index is 0.564. The highest BCUT2D eigenvalue weighted by molar-refractivity contribution is 7.10.